The molecule has 506 valence electrons. The number of benzene rings is 19. The van der Waals surface area contributed by atoms with Gasteiger partial charge in [0, 0.05) is 87.8 Å². The molecule has 2 heterocycles. The van der Waals surface area contributed by atoms with Crippen molar-refractivity contribution in [2.45, 2.75) is 0 Å². The second-order valence-electron chi connectivity index (χ2n) is 27.9. The number of thiophene rings is 2. The summed E-state index contributed by atoms with van der Waals surface area (Å²) in [6.45, 7) is 0. The Bertz CT molecular complexity index is 6970. The Kier molecular flexibility index (Phi) is 15.3. The minimum absolute atomic E-state index is 1.04. The van der Waals surface area contributed by atoms with Crippen molar-refractivity contribution in [1.29, 1.82) is 0 Å². The summed E-state index contributed by atoms with van der Waals surface area (Å²) in [5.74, 6) is 0. The minimum Gasteiger partial charge on any atom is -0.310 e. The van der Waals surface area contributed by atoms with Gasteiger partial charge in [-0.3, -0.25) is 0 Å². The van der Waals surface area contributed by atoms with Crippen LogP contribution >= 0.6 is 22.7 Å². The number of anilines is 12. The van der Waals surface area contributed by atoms with Crippen LogP contribution in [0.1, 0.15) is 0 Å². The zero-order valence-electron chi connectivity index (χ0n) is 58.7. The van der Waals surface area contributed by atoms with Gasteiger partial charge in [-0.1, -0.05) is 249 Å². The first-order chi connectivity index (χ1) is 53.6. The maximum absolute atomic E-state index is 2.45. The van der Waals surface area contributed by atoms with Gasteiger partial charge in [-0.2, -0.15) is 0 Å². The Hall–Kier alpha value is -13.6. The fourth-order valence-electron chi connectivity index (χ4n) is 16.8. The van der Waals surface area contributed by atoms with E-state index in [1.165, 1.54) is 111 Å². The molecule has 0 aliphatic carbocycles. The smallest absolute Gasteiger partial charge is 0.0646 e. The monoisotopic (exact) mass is 1410 g/mol. The molecule has 2 aromatic heterocycles. The van der Waals surface area contributed by atoms with Crippen LogP contribution in [0.4, 0.5) is 68.2 Å². The fourth-order valence-corrected chi connectivity index (χ4v) is 19.2. The molecule has 21 aromatic rings. The number of para-hydroxylation sites is 3. The van der Waals surface area contributed by atoms with Crippen LogP contribution < -0.4 is 19.6 Å². The normalized spacial score (nSPS) is 11.7. The molecule has 0 radical (unpaired) electrons. The molecule has 0 fully saturated rings. The van der Waals surface area contributed by atoms with Gasteiger partial charge in [0.05, 0.1) is 20.8 Å². The van der Waals surface area contributed by atoms with Crippen LogP contribution in [0, 0.1) is 0 Å². The Morgan fingerprint density at radius 2 is 0.407 bits per heavy atom. The summed E-state index contributed by atoms with van der Waals surface area (Å²) < 4.78 is 5.05. The maximum Gasteiger partial charge on any atom is 0.0646 e. The summed E-state index contributed by atoms with van der Waals surface area (Å²) in [4.78, 5) is 9.68. The Morgan fingerprint density at radius 1 is 0.139 bits per heavy atom. The van der Waals surface area contributed by atoms with E-state index in [1.807, 2.05) is 22.7 Å². The van der Waals surface area contributed by atoms with Crippen LogP contribution in [-0.2, 0) is 0 Å². The minimum atomic E-state index is 1.04. The summed E-state index contributed by atoms with van der Waals surface area (Å²) in [5.41, 5.74) is 17.6. The Labute approximate surface area is 633 Å². The maximum atomic E-state index is 2.45. The van der Waals surface area contributed by atoms with Gasteiger partial charge in [-0.05, 0) is 239 Å². The lowest BCUT2D eigenvalue weighted by molar-refractivity contribution is 1.26. The summed E-state index contributed by atoms with van der Waals surface area (Å²) in [5, 5.41) is 20.0. The molecule has 21 rings (SSSR count). The van der Waals surface area contributed by atoms with Gasteiger partial charge >= 0.3 is 0 Å². The summed E-state index contributed by atoms with van der Waals surface area (Å²) in [6.07, 6.45) is 0. The van der Waals surface area contributed by atoms with E-state index in [9.17, 15) is 0 Å². The van der Waals surface area contributed by atoms with E-state index in [0.29, 0.717) is 0 Å². The third-order valence-corrected chi connectivity index (χ3v) is 24.2. The van der Waals surface area contributed by atoms with Crippen LogP contribution in [-0.4, -0.2) is 0 Å². The molecule has 0 unspecified atom stereocenters. The number of hydrogen-bond acceptors (Lipinski definition) is 6. The molecule has 0 bridgehead atoms. The van der Waals surface area contributed by atoms with Gasteiger partial charge in [-0.15, -0.1) is 22.7 Å². The van der Waals surface area contributed by atoms with E-state index in [1.54, 1.807) is 0 Å². The molecule has 19 aromatic carbocycles. The van der Waals surface area contributed by atoms with Crippen LogP contribution in [0.3, 0.4) is 0 Å². The van der Waals surface area contributed by atoms with Crippen molar-refractivity contribution in [3.05, 3.63) is 400 Å². The van der Waals surface area contributed by atoms with Crippen molar-refractivity contribution < 1.29 is 0 Å². The number of nitrogens with zero attached hydrogens (tertiary/aromatic N) is 4. The van der Waals surface area contributed by atoms with Gasteiger partial charge in [0.1, 0.15) is 0 Å². The second kappa shape index (κ2) is 26.2. The molecule has 6 heteroatoms. The molecule has 0 spiro atoms. The topological polar surface area (TPSA) is 13.0 Å². The second-order valence-corrected chi connectivity index (χ2v) is 30.0. The predicted molar refractivity (Wildman–Crippen MR) is 467 cm³/mol. The van der Waals surface area contributed by atoms with Crippen LogP contribution in [0.25, 0.3) is 127 Å². The summed E-state index contributed by atoms with van der Waals surface area (Å²) in [6, 6.07) is 148. The van der Waals surface area contributed by atoms with E-state index in [-0.39, 0.29) is 0 Å². The number of hydrogen-bond donors (Lipinski definition) is 0. The summed E-state index contributed by atoms with van der Waals surface area (Å²) >= 11 is 3.72. The highest BCUT2D eigenvalue weighted by Gasteiger charge is 2.25. The lowest BCUT2D eigenvalue weighted by Gasteiger charge is -2.29. The van der Waals surface area contributed by atoms with Gasteiger partial charge in [0.15, 0.2) is 0 Å². The molecule has 0 saturated heterocycles. The fraction of sp³-hybridized carbons (Fsp3) is 0. The third-order valence-electron chi connectivity index (χ3n) is 21.7. The molecule has 0 amide bonds. The van der Waals surface area contributed by atoms with Crippen molar-refractivity contribution in [1.82, 2.24) is 0 Å². The van der Waals surface area contributed by atoms with E-state index in [4.69, 9.17) is 0 Å². The first-order valence-electron chi connectivity index (χ1n) is 36.9. The molecular weight excluding hydrogens is 1350 g/mol. The van der Waals surface area contributed by atoms with Crippen molar-refractivity contribution >= 4 is 196 Å². The quantitative estimate of drug-likeness (QED) is 0.101. The molecule has 0 N–H and O–H groups in total. The summed E-state index contributed by atoms with van der Waals surface area (Å²) in [7, 11) is 0. The van der Waals surface area contributed by atoms with Crippen molar-refractivity contribution in [2.75, 3.05) is 19.6 Å². The first kappa shape index (κ1) is 62.9. The highest BCUT2D eigenvalue weighted by atomic mass is 32.1. The van der Waals surface area contributed by atoms with Gasteiger partial charge in [-0.25, -0.2) is 0 Å². The van der Waals surface area contributed by atoms with Gasteiger partial charge in [0.2, 0.25) is 0 Å². The van der Waals surface area contributed by atoms with E-state index in [0.717, 1.165) is 84.8 Å². The molecule has 4 nitrogen and oxygen atoms in total. The van der Waals surface area contributed by atoms with E-state index >= 15 is 0 Å². The number of rotatable bonds is 14. The lowest BCUT2D eigenvalue weighted by Crippen LogP contribution is -2.12. The van der Waals surface area contributed by atoms with Crippen LogP contribution in [0.15, 0.2) is 400 Å². The van der Waals surface area contributed by atoms with Crippen molar-refractivity contribution in [3.63, 3.8) is 0 Å². The van der Waals surface area contributed by atoms with E-state index in [2.05, 4.69) is 420 Å². The Balaban J connectivity index is 0.668. The standard InChI is InChI=1S/C102H66N4S2/c1-4-23-71(24-5-1)103(79-59-61-89-85-33-12-10-29-81(85)83-31-14-16-35-87(83)94(89)65-79)75-55-57-76(58-56-75)104(80-60-62-90-86-34-13-11-30-82(86)84-32-15-17-36-88(84)95(90)66-80)74-49-47-69(48-50-74)70-63-96-92-38-19-21-42-100(92)108-102(96)98(64-70)106(73-27-8-3-9-28-73)78-53-45-68(46-54-78)67-43-51-77(52-44-67)105(72-25-6-2-7-26-72)97-40-22-39-93-91-37-18-20-41-99(91)107-101(93)97/h1-66H. The zero-order chi connectivity index (χ0) is 71.2. The largest absolute Gasteiger partial charge is 0.310 e. The zero-order valence-corrected chi connectivity index (χ0v) is 60.3. The molecular formula is C102H66N4S2. The molecule has 0 aliphatic heterocycles. The average molecular weight is 1410 g/mol. The van der Waals surface area contributed by atoms with E-state index < -0.39 is 0 Å². The first-order valence-corrected chi connectivity index (χ1v) is 38.5. The molecule has 0 saturated carbocycles. The van der Waals surface area contributed by atoms with Crippen molar-refractivity contribution in [3.8, 4) is 22.3 Å². The average Bonchev–Trinajstić information content (AvgIpc) is 1.72. The van der Waals surface area contributed by atoms with Crippen molar-refractivity contribution in [2.24, 2.45) is 0 Å². The van der Waals surface area contributed by atoms with Crippen LogP contribution in [0.5, 0.6) is 0 Å². The predicted octanol–water partition coefficient (Wildman–Crippen LogP) is 30.6. The lowest BCUT2D eigenvalue weighted by atomic mass is 9.94. The Morgan fingerprint density at radius 3 is 0.815 bits per heavy atom. The van der Waals surface area contributed by atoms with Gasteiger partial charge in [0.25, 0.3) is 0 Å². The highest BCUT2D eigenvalue weighted by molar-refractivity contribution is 7.26. The van der Waals surface area contributed by atoms with Gasteiger partial charge < -0.3 is 19.6 Å². The molecule has 0 aliphatic rings. The third kappa shape index (κ3) is 10.7. The van der Waals surface area contributed by atoms with Crippen LogP contribution in [0.2, 0.25) is 0 Å². The highest BCUT2D eigenvalue weighted by Crippen LogP contribution is 2.51. The molecule has 0 atom stereocenters. The molecule has 108 heavy (non-hydrogen) atoms. The SMILES string of the molecule is c1ccc(N(c2ccc(N(c3ccc(-c4cc(N(c5ccccc5)c5ccc(-c6ccc(N(c7ccccc7)c7cccc8c7sc7ccccc78)cc6)cc5)c5sc6ccccc6c5c4)cc3)c3ccc4c5ccccc5c5ccccc5c4c3)cc2)c2ccc3c4ccccc4c4ccccc4c3c2)cc1. The number of fused-ring (bicyclic) bond motifs is 18.